The zero-order valence-electron chi connectivity index (χ0n) is 12.1. The van der Waals surface area contributed by atoms with Gasteiger partial charge in [-0.1, -0.05) is 0 Å². The van der Waals surface area contributed by atoms with Crippen molar-refractivity contribution in [3.8, 4) is 0 Å². The molecule has 2 N–H and O–H groups in total. The molecule has 0 radical (unpaired) electrons. The minimum Gasteiger partial charge on any atom is -0.329 e. The van der Waals surface area contributed by atoms with E-state index >= 15 is 0 Å². The van der Waals surface area contributed by atoms with Gasteiger partial charge in [-0.3, -0.25) is 4.90 Å². The Balaban J connectivity index is 1.82. The van der Waals surface area contributed by atoms with E-state index in [1.807, 2.05) is 0 Å². The van der Waals surface area contributed by atoms with Gasteiger partial charge in [-0.05, 0) is 65.5 Å². The van der Waals surface area contributed by atoms with Crippen molar-refractivity contribution in [2.45, 2.75) is 69.5 Å². The van der Waals surface area contributed by atoms with Gasteiger partial charge in [0.05, 0.1) is 0 Å². The second-order valence-electron chi connectivity index (χ2n) is 7.28. The molecule has 0 spiro atoms. The fourth-order valence-corrected chi connectivity index (χ4v) is 4.84. The molecule has 3 nitrogen and oxygen atoms in total. The highest BCUT2D eigenvalue weighted by Gasteiger charge is 2.49. The monoisotopic (exact) mass is 251 g/mol. The number of nitrogens with zero attached hydrogens (tertiary/aromatic N) is 2. The number of fused-ring (bicyclic) bond motifs is 1. The van der Waals surface area contributed by atoms with Crippen molar-refractivity contribution in [1.29, 1.82) is 0 Å². The molecule has 18 heavy (non-hydrogen) atoms. The van der Waals surface area contributed by atoms with Crippen LogP contribution >= 0.6 is 0 Å². The number of hydrogen-bond donors (Lipinski definition) is 1. The first-order valence-electron chi connectivity index (χ1n) is 7.79. The van der Waals surface area contributed by atoms with Crippen LogP contribution in [-0.4, -0.2) is 53.1 Å². The molecule has 104 valence electrons. The van der Waals surface area contributed by atoms with Crippen molar-refractivity contribution in [1.82, 2.24) is 9.80 Å². The predicted molar refractivity (Wildman–Crippen MR) is 75.6 cm³/mol. The third-order valence-electron chi connectivity index (χ3n) is 5.83. The fourth-order valence-electron chi connectivity index (χ4n) is 4.84. The summed E-state index contributed by atoms with van der Waals surface area (Å²) in [5.41, 5.74) is 6.92. The van der Waals surface area contributed by atoms with Crippen LogP contribution in [0.3, 0.4) is 0 Å². The summed E-state index contributed by atoms with van der Waals surface area (Å²) in [7, 11) is 0. The van der Waals surface area contributed by atoms with Crippen LogP contribution in [0.1, 0.15) is 52.4 Å². The Morgan fingerprint density at radius 1 is 1.11 bits per heavy atom. The summed E-state index contributed by atoms with van der Waals surface area (Å²) < 4.78 is 0. The van der Waals surface area contributed by atoms with Crippen LogP contribution in [0.25, 0.3) is 0 Å². The van der Waals surface area contributed by atoms with Crippen molar-refractivity contribution >= 4 is 0 Å². The standard InChI is InChI=1S/C15H29N3/c1-14(2)6-4-9-18(14)15(12-16)7-10-17-8-3-5-13(17)11-15/h13H,3-12,16H2,1-2H3. The van der Waals surface area contributed by atoms with Crippen LogP contribution in [0.2, 0.25) is 0 Å². The van der Waals surface area contributed by atoms with E-state index in [1.54, 1.807) is 0 Å². The van der Waals surface area contributed by atoms with Gasteiger partial charge in [0, 0.05) is 30.2 Å². The number of hydrogen-bond acceptors (Lipinski definition) is 3. The molecule has 0 amide bonds. The van der Waals surface area contributed by atoms with E-state index in [4.69, 9.17) is 5.73 Å². The topological polar surface area (TPSA) is 32.5 Å². The summed E-state index contributed by atoms with van der Waals surface area (Å²) in [6.07, 6.45) is 8.08. The van der Waals surface area contributed by atoms with E-state index in [-0.39, 0.29) is 0 Å². The minimum atomic E-state index is 0.297. The Kier molecular flexibility index (Phi) is 3.20. The van der Waals surface area contributed by atoms with Gasteiger partial charge < -0.3 is 10.6 Å². The summed E-state index contributed by atoms with van der Waals surface area (Å²) in [6.45, 7) is 9.54. The average Bonchev–Trinajstić information content (AvgIpc) is 2.93. The van der Waals surface area contributed by atoms with Crippen molar-refractivity contribution in [2.24, 2.45) is 5.73 Å². The maximum Gasteiger partial charge on any atom is 0.0364 e. The lowest BCUT2D eigenvalue weighted by Gasteiger charge is -2.53. The van der Waals surface area contributed by atoms with Crippen molar-refractivity contribution in [3.05, 3.63) is 0 Å². The Bertz CT molecular complexity index is 315. The summed E-state index contributed by atoms with van der Waals surface area (Å²) >= 11 is 0. The van der Waals surface area contributed by atoms with E-state index in [0.717, 1.165) is 12.6 Å². The highest BCUT2D eigenvalue weighted by atomic mass is 15.3. The third kappa shape index (κ3) is 1.91. The lowest BCUT2D eigenvalue weighted by atomic mass is 9.79. The molecule has 0 aromatic heterocycles. The number of nitrogens with two attached hydrogens (primary N) is 1. The summed E-state index contributed by atoms with van der Waals surface area (Å²) in [5, 5.41) is 0. The molecule has 3 fully saturated rings. The normalized spacial score (nSPS) is 41.2. The SMILES string of the molecule is CC1(C)CCCN1C1(CN)CCN2CCCC2C1. The first kappa shape index (κ1) is 12.9. The molecule has 0 bridgehead atoms. The Morgan fingerprint density at radius 2 is 1.94 bits per heavy atom. The molecule has 2 unspecified atom stereocenters. The molecule has 3 saturated heterocycles. The van der Waals surface area contributed by atoms with Gasteiger partial charge in [0.1, 0.15) is 0 Å². The second kappa shape index (κ2) is 4.46. The number of rotatable bonds is 2. The highest BCUT2D eigenvalue weighted by Crippen LogP contribution is 2.43. The lowest BCUT2D eigenvalue weighted by molar-refractivity contribution is -0.0245. The summed E-state index contributed by atoms with van der Waals surface area (Å²) in [5.74, 6) is 0. The zero-order valence-corrected chi connectivity index (χ0v) is 12.1. The van der Waals surface area contributed by atoms with Crippen LogP contribution in [0.15, 0.2) is 0 Å². The molecule has 3 aliphatic heterocycles. The zero-order chi connectivity index (χ0) is 12.8. The molecule has 3 heteroatoms. The van der Waals surface area contributed by atoms with Crippen LogP contribution in [0, 0.1) is 0 Å². The average molecular weight is 251 g/mol. The van der Waals surface area contributed by atoms with E-state index in [9.17, 15) is 0 Å². The minimum absolute atomic E-state index is 0.297. The maximum absolute atomic E-state index is 6.26. The molecule has 0 aromatic rings. The van der Waals surface area contributed by atoms with E-state index in [0.29, 0.717) is 11.1 Å². The van der Waals surface area contributed by atoms with Crippen molar-refractivity contribution in [2.75, 3.05) is 26.2 Å². The van der Waals surface area contributed by atoms with Gasteiger partial charge in [-0.25, -0.2) is 0 Å². The van der Waals surface area contributed by atoms with E-state index < -0.39 is 0 Å². The first-order valence-corrected chi connectivity index (χ1v) is 7.79. The molecule has 0 saturated carbocycles. The van der Waals surface area contributed by atoms with Crippen molar-refractivity contribution < 1.29 is 0 Å². The Labute approximate surface area is 112 Å². The molecule has 3 rings (SSSR count). The van der Waals surface area contributed by atoms with Crippen LogP contribution in [0.5, 0.6) is 0 Å². The van der Waals surface area contributed by atoms with Gasteiger partial charge >= 0.3 is 0 Å². The van der Waals surface area contributed by atoms with Crippen molar-refractivity contribution in [3.63, 3.8) is 0 Å². The largest absolute Gasteiger partial charge is 0.329 e. The number of likely N-dealkylation sites (tertiary alicyclic amines) is 1. The number of piperidine rings is 1. The first-order chi connectivity index (χ1) is 8.57. The molecule has 3 aliphatic rings. The van der Waals surface area contributed by atoms with Gasteiger partial charge in [0.25, 0.3) is 0 Å². The quantitative estimate of drug-likeness (QED) is 0.812. The fraction of sp³-hybridized carbons (Fsp3) is 1.00. The van der Waals surface area contributed by atoms with Gasteiger partial charge in [-0.2, -0.15) is 0 Å². The van der Waals surface area contributed by atoms with E-state index in [1.165, 1.54) is 58.2 Å². The van der Waals surface area contributed by atoms with Crippen LogP contribution in [-0.2, 0) is 0 Å². The molecular weight excluding hydrogens is 222 g/mol. The van der Waals surface area contributed by atoms with Crippen LogP contribution in [0.4, 0.5) is 0 Å². The second-order valence-corrected chi connectivity index (χ2v) is 7.28. The molecule has 3 heterocycles. The van der Waals surface area contributed by atoms with Gasteiger partial charge in [0.2, 0.25) is 0 Å². The molecule has 0 aliphatic carbocycles. The van der Waals surface area contributed by atoms with E-state index in [2.05, 4.69) is 23.6 Å². The predicted octanol–water partition coefficient (Wildman–Crippen LogP) is 1.82. The van der Waals surface area contributed by atoms with Gasteiger partial charge in [0.15, 0.2) is 0 Å². The van der Waals surface area contributed by atoms with Gasteiger partial charge in [-0.15, -0.1) is 0 Å². The molecule has 2 atom stereocenters. The third-order valence-corrected chi connectivity index (χ3v) is 5.83. The summed E-state index contributed by atoms with van der Waals surface area (Å²) in [4.78, 5) is 5.48. The molecule has 0 aromatic carbocycles. The Hall–Kier alpha value is -0.120. The summed E-state index contributed by atoms with van der Waals surface area (Å²) in [6, 6.07) is 0.818. The molecular formula is C15H29N3. The maximum atomic E-state index is 6.26. The highest BCUT2D eigenvalue weighted by molar-refractivity contribution is 5.07. The lowest BCUT2D eigenvalue weighted by Crippen LogP contribution is -2.64. The Morgan fingerprint density at radius 3 is 2.61 bits per heavy atom. The smallest absolute Gasteiger partial charge is 0.0364 e. The van der Waals surface area contributed by atoms with Crippen LogP contribution < -0.4 is 5.73 Å².